The van der Waals surface area contributed by atoms with Crippen LogP contribution >= 0.6 is 11.3 Å². The lowest BCUT2D eigenvalue weighted by Crippen LogP contribution is -1.99. The first kappa shape index (κ1) is 12.3. The van der Waals surface area contributed by atoms with Crippen LogP contribution in [0.15, 0.2) is 35.8 Å². The average molecular weight is 300 g/mol. The number of benzene rings is 2. The molecule has 2 aromatic carbocycles. The van der Waals surface area contributed by atoms with Crippen LogP contribution in [0.1, 0.15) is 5.56 Å². The minimum Gasteiger partial charge on any atom is -0.487 e. The van der Waals surface area contributed by atoms with Gasteiger partial charge in [-0.2, -0.15) is 0 Å². The van der Waals surface area contributed by atoms with E-state index in [1.165, 1.54) is 0 Å². The molecule has 2 N–H and O–H groups in total. The molecular weight excluding hydrogens is 288 g/mol. The third-order valence-corrected chi connectivity index (χ3v) is 4.13. The van der Waals surface area contributed by atoms with Gasteiger partial charge in [0.25, 0.3) is 0 Å². The van der Waals surface area contributed by atoms with Gasteiger partial charge in [-0.15, -0.1) is 11.3 Å². The molecule has 0 radical (unpaired) electrons. The lowest BCUT2D eigenvalue weighted by atomic mass is 10.2. The molecule has 0 fully saturated rings. The van der Waals surface area contributed by atoms with Crippen molar-refractivity contribution in [2.75, 3.05) is 12.5 Å². The molecule has 21 heavy (non-hydrogen) atoms. The smallest absolute Gasteiger partial charge is 0.231 e. The second-order valence-corrected chi connectivity index (χ2v) is 5.54. The molecule has 0 saturated carbocycles. The Morgan fingerprint density at radius 2 is 2.10 bits per heavy atom. The Hall–Kier alpha value is -2.47. The minimum atomic E-state index is 0.271. The van der Waals surface area contributed by atoms with Crippen molar-refractivity contribution in [1.82, 2.24) is 4.98 Å². The van der Waals surface area contributed by atoms with E-state index in [-0.39, 0.29) is 6.79 Å². The summed E-state index contributed by atoms with van der Waals surface area (Å²) in [5, 5.41) is 0. The van der Waals surface area contributed by atoms with Gasteiger partial charge in [-0.3, -0.25) is 0 Å². The predicted octanol–water partition coefficient (Wildman–Crippen LogP) is 3.19. The van der Waals surface area contributed by atoms with Gasteiger partial charge < -0.3 is 19.9 Å². The summed E-state index contributed by atoms with van der Waals surface area (Å²) in [5.74, 6) is 2.16. The summed E-state index contributed by atoms with van der Waals surface area (Å²) in [4.78, 5) is 4.26. The quantitative estimate of drug-likeness (QED) is 0.752. The zero-order valence-corrected chi connectivity index (χ0v) is 11.9. The molecule has 5 nitrogen and oxygen atoms in total. The number of nitrogens with zero attached hydrogens (tertiary/aromatic N) is 1. The summed E-state index contributed by atoms with van der Waals surface area (Å²) in [5.41, 5.74) is 10.2. The van der Waals surface area contributed by atoms with Gasteiger partial charge in [0.1, 0.15) is 23.6 Å². The Bertz CT molecular complexity index is 816. The van der Waals surface area contributed by atoms with E-state index in [1.807, 2.05) is 30.3 Å². The first-order valence-electron chi connectivity index (χ1n) is 6.44. The van der Waals surface area contributed by atoms with Crippen molar-refractivity contribution in [3.63, 3.8) is 0 Å². The Labute approximate surface area is 124 Å². The average Bonchev–Trinajstić information content (AvgIpc) is 3.15. The van der Waals surface area contributed by atoms with Crippen molar-refractivity contribution in [3.05, 3.63) is 41.4 Å². The lowest BCUT2D eigenvalue weighted by molar-refractivity contribution is 0.174. The molecule has 0 bridgehead atoms. The molecule has 1 aliphatic heterocycles. The standard InChI is InChI=1S/C15H12N2O3S/c16-14-11(3-4-13-15(14)17-7-21-13)18-6-9-1-2-10-12(5-9)20-8-19-10/h1-5,7H,6,8,16H2. The molecule has 4 rings (SSSR count). The molecule has 6 heteroatoms. The summed E-state index contributed by atoms with van der Waals surface area (Å²) < 4.78 is 17.5. The molecule has 0 saturated heterocycles. The Morgan fingerprint density at radius 1 is 1.19 bits per heavy atom. The summed E-state index contributed by atoms with van der Waals surface area (Å²) in [7, 11) is 0. The van der Waals surface area contributed by atoms with Crippen LogP contribution in [0.3, 0.4) is 0 Å². The summed E-state index contributed by atoms with van der Waals surface area (Å²) in [6.45, 7) is 0.684. The maximum atomic E-state index is 6.09. The van der Waals surface area contributed by atoms with Crippen molar-refractivity contribution in [3.8, 4) is 17.2 Å². The summed E-state index contributed by atoms with van der Waals surface area (Å²) >= 11 is 1.56. The number of aromatic nitrogens is 1. The van der Waals surface area contributed by atoms with Crippen molar-refractivity contribution in [1.29, 1.82) is 0 Å². The number of rotatable bonds is 3. The van der Waals surface area contributed by atoms with E-state index in [0.29, 0.717) is 18.0 Å². The monoisotopic (exact) mass is 300 g/mol. The lowest BCUT2D eigenvalue weighted by Gasteiger charge is -2.09. The van der Waals surface area contributed by atoms with E-state index in [4.69, 9.17) is 19.9 Å². The van der Waals surface area contributed by atoms with E-state index >= 15 is 0 Å². The number of nitrogens with two attached hydrogens (primary N) is 1. The third kappa shape index (κ3) is 2.13. The zero-order valence-electron chi connectivity index (χ0n) is 11.0. The van der Waals surface area contributed by atoms with Gasteiger partial charge in [0.05, 0.1) is 10.2 Å². The largest absolute Gasteiger partial charge is 0.487 e. The second kappa shape index (κ2) is 4.82. The number of ether oxygens (including phenoxy) is 3. The zero-order chi connectivity index (χ0) is 14.2. The number of thiazole rings is 1. The fourth-order valence-corrected chi connectivity index (χ4v) is 2.94. The SMILES string of the molecule is Nc1c(OCc2ccc3c(c2)OCO3)ccc2scnc12. The highest BCUT2D eigenvalue weighted by atomic mass is 32.1. The molecule has 2 heterocycles. The summed E-state index contributed by atoms with van der Waals surface area (Å²) in [6, 6.07) is 9.60. The molecule has 3 aromatic rings. The molecule has 1 aliphatic rings. The Balaban J connectivity index is 1.56. The fourth-order valence-electron chi connectivity index (χ4n) is 2.25. The van der Waals surface area contributed by atoms with E-state index in [9.17, 15) is 0 Å². The topological polar surface area (TPSA) is 66.6 Å². The van der Waals surface area contributed by atoms with E-state index in [0.717, 1.165) is 27.3 Å². The number of fused-ring (bicyclic) bond motifs is 2. The van der Waals surface area contributed by atoms with Crippen molar-refractivity contribution >= 4 is 27.2 Å². The highest BCUT2D eigenvalue weighted by molar-refractivity contribution is 7.16. The molecule has 0 amide bonds. The molecule has 0 spiro atoms. The predicted molar refractivity (Wildman–Crippen MR) is 80.9 cm³/mol. The van der Waals surface area contributed by atoms with Crippen LogP contribution in [0.25, 0.3) is 10.2 Å². The first-order valence-corrected chi connectivity index (χ1v) is 7.32. The number of nitrogen functional groups attached to an aromatic ring is 1. The van der Waals surface area contributed by atoms with Gasteiger partial charge >= 0.3 is 0 Å². The second-order valence-electron chi connectivity index (χ2n) is 4.65. The van der Waals surface area contributed by atoms with Gasteiger partial charge in [-0.05, 0) is 29.8 Å². The van der Waals surface area contributed by atoms with Gasteiger partial charge in [0.15, 0.2) is 11.5 Å². The summed E-state index contributed by atoms with van der Waals surface area (Å²) in [6.07, 6.45) is 0. The molecule has 1 aromatic heterocycles. The highest BCUT2D eigenvalue weighted by Crippen LogP contribution is 2.34. The minimum absolute atomic E-state index is 0.271. The van der Waals surface area contributed by atoms with Crippen LogP contribution in [0.4, 0.5) is 5.69 Å². The van der Waals surface area contributed by atoms with E-state index < -0.39 is 0 Å². The van der Waals surface area contributed by atoms with Gasteiger partial charge in [-0.1, -0.05) is 6.07 Å². The van der Waals surface area contributed by atoms with Crippen LogP contribution in [-0.4, -0.2) is 11.8 Å². The Kier molecular flexibility index (Phi) is 2.82. The molecular formula is C15H12N2O3S. The number of hydrogen-bond donors (Lipinski definition) is 1. The van der Waals surface area contributed by atoms with Gasteiger partial charge in [0.2, 0.25) is 6.79 Å². The van der Waals surface area contributed by atoms with E-state index in [2.05, 4.69) is 4.98 Å². The van der Waals surface area contributed by atoms with Crippen LogP contribution < -0.4 is 19.9 Å². The molecule has 0 aliphatic carbocycles. The number of hydrogen-bond acceptors (Lipinski definition) is 6. The molecule has 0 unspecified atom stereocenters. The normalized spacial score (nSPS) is 12.8. The van der Waals surface area contributed by atoms with Crippen molar-refractivity contribution in [2.45, 2.75) is 6.61 Å². The van der Waals surface area contributed by atoms with Crippen LogP contribution in [0, 0.1) is 0 Å². The van der Waals surface area contributed by atoms with Crippen LogP contribution in [0.2, 0.25) is 0 Å². The Morgan fingerprint density at radius 3 is 3.05 bits per heavy atom. The van der Waals surface area contributed by atoms with Gasteiger partial charge in [-0.25, -0.2) is 4.98 Å². The van der Waals surface area contributed by atoms with Crippen molar-refractivity contribution < 1.29 is 14.2 Å². The van der Waals surface area contributed by atoms with Gasteiger partial charge in [0, 0.05) is 0 Å². The third-order valence-electron chi connectivity index (χ3n) is 3.33. The van der Waals surface area contributed by atoms with Crippen LogP contribution in [-0.2, 0) is 6.61 Å². The van der Waals surface area contributed by atoms with Crippen molar-refractivity contribution in [2.24, 2.45) is 0 Å². The maximum absolute atomic E-state index is 6.09. The first-order chi connectivity index (χ1) is 10.3. The maximum Gasteiger partial charge on any atom is 0.231 e. The number of anilines is 1. The highest BCUT2D eigenvalue weighted by Gasteiger charge is 2.14. The molecule has 0 atom stereocenters. The van der Waals surface area contributed by atoms with E-state index in [1.54, 1.807) is 16.8 Å². The fraction of sp³-hybridized carbons (Fsp3) is 0.133. The molecule has 106 valence electrons. The van der Waals surface area contributed by atoms with Crippen LogP contribution in [0.5, 0.6) is 17.2 Å².